The Labute approximate surface area is 237 Å². The lowest BCUT2D eigenvalue weighted by Crippen LogP contribution is -2.58. The Morgan fingerprint density at radius 3 is 1.84 bits per heavy atom. The minimum atomic E-state index is 0.419. The quantitative estimate of drug-likeness (QED) is 0.0993. The zero-order valence-corrected chi connectivity index (χ0v) is 25.6. The normalized spacial score (nSPS) is 21.3. The van der Waals surface area contributed by atoms with Crippen molar-refractivity contribution in [1.29, 1.82) is 0 Å². The van der Waals surface area contributed by atoms with E-state index in [4.69, 9.17) is 9.47 Å². The van der Waals surface area contributed by atoms with Crippen molar-refractivity contribution in [3.8, 4) is 0 Å². The molecule has 0 aromatic heterocycles. The molecule has 38 heavy (non-hydrogen) atoms. The predicted molar refractivity (Wildman–Crippen MR) is 163 cm³/mol. The van der Waals surface area contributed by atoms with Crippen molar-refractivity contribution in [2.24, 2.45) is 0 Å². The molecule has 1 saturated carbocycles. The first-order valence-electron chi connectivity index (χ1n) is 17.2. The zero-order chi connectivity index (χ0) is 26.7. The van der Waals surface area contributed by atoms with E-state index in [-0.39, 0.29) is 0 Å². The molecule has 0 radical (unpaired) electrons. The first kappa shape index (κ1) is 31.9. The molecule has 3 aliphatic rings. The van der Waals surface area contributed by atoms with Crippen LogP contribution in [0.25, 0.3) is 0 Å². The van der Waals surface area contributed by atoms with E-state index in [2.05, 4.69) is 24.1 Å². The Balaban J connectivity index is 1.28. The number of morpholine rings is 2. The van der Waals surface area contributed by atoms with Crippen molar-refractivity contribution in [1.82, 2.24) is 10.2 Å². The van der Waals surface area contributed by atoms with Crippen LogP contribution in [0, 0.1) is 0 Å². The van der Waals surface area contributed by atoms with Crippen LogP contribution in [0.3, 0.4) is 0 Å². The third kappa shape index (κ3) is 14.2. The second-order valence-electron chi connectivity index (χ2n) is 12.7. The van der Waals surface area contributed by atoms with E-state index in [1.807, 2.05) is 0 Å². The van der Waals surface area contributed by atoms with E-state index in [1.54, 1.807) is 5.57 Å². The molecule has 4 heteroatoms. The Kier molecular flexibility index (Phi) is 17.1. The molecule has 2 saturated heterocycles. The number of unbranched alkanes of at least 4 members (excludes halogenated alkanes) is 14. The van der Waals surface area contributed by atoms with E-state index in [1.165, 1.54) is 154 Å². The molecule has 0 spiro atoms. The summed E-state index contributed by atoms with van der Waals surface area (Å²) in [6.45, 7) is 10.2. The number of fused-ring (bicyclic) bond motifs is 2. The number of nitrogens with one attached hydrogen (secondary N) is 1. The van der Waals surface area contributed by atoms with Crippen LogP contribution in [0.1, 0.15) is 155 Å². The van der Waals surface area contributed by atoms with E-state index < -0.39 is 0 Å². The maximum atomic E-state index is 6.83. The summed E-state index contributed by atoms with van der Waals surface area (Å²) in [4.78, 5) is 2.65. The summed E-state index contributed by atoms with van der Waals surface area (Å²) in [5, 5.41) is 3.50. The second kappa shape index (κ2) is 20.3. The standard InChI is InChI=1S/C34H64N2O2/c1-3-5-7-9-12-16-20-31(21-17-13-10-8-6-4-2)38-34(30-23-24-30)22-18-14-11-15-19-25-36-28-32-26-35-27-33(29-36)37-32/h31-33,35H,3-29H2,1-2H3. The molecular formula is C34H64N2O2. The number of rotatable bonds is 24. The monoisotopic (exact) mass is 532 g/mol. The smallest absolute Gasteiger partial charge is 0.0982 e. The van der Waals surface area contributed by atoms with Gasteiger partial charge in [0.05, 0.1) is 24.1 Å². The Morgan fingerprint density at radius 2 is 1.26 bits per heavy atom. The highest BCUT2D eigenvalue weighted by molar-refractivity contribution is 5.21. The van der Waals surface area contributed by atoms with Gasteiger partial charge in [-0.2, -0.15) is 0 Å². The SMILES string of the molecule is CCCCCCCCC(CCCCCCCC)OC(CCCCCCCN1CC2CNCC(C1)O2)=C1CC1. The van der Waals surface area contributed by atoms with E-state index >= 15 is 0 Å². The van der Waals surface area contributed by atoms with Gasteiger partial charge in [-0.25, -0.2) is 0 Å². The van der Waals surface area contributed by atoms with E-state index in [9.17, 15) is 0 Å². The van der Waals surface area contributed by atoms with Crippen molar-refractivity contribution >= 4 is 0 Å². The average molecular weight is 533 g/mol. The van der Waals surface area contributed by atoms with Crippen LogP contribution in [0.15, 0.2) is 11.3 Å². The molecule has 2 heterocycles. The zero-order valence-electron chi connectivity index (χ0n) is 25.6. The molecule has 0 aromatic rings. The van der Waals surface area contributed by atoms with Crippen LogP contribution in [-0.4, -0.2) is 55.9 Å². The molecule has 2 aliphatic heterocycles. The van der Waals surface area contributed by atoms with Crippen LogP contribution >= 0.6 is 0 Å². The molecule has 3 fully saturated rings. The fourth-order valence-electron chi connectivity index (χ4n) is 6.40. The summed E-state index contributed by atoms with van der Waals surface area (Å²) in [7, 11) is 0. The lowest BCUT2D eigenvalue weighted by atomic mass is 10.0. The Bertz CT molecular complexity index is 588. The summed E-state index contributed by atoms with van der Waals surface area (Å²) in [6, 6.07) is 0. The lowest BCUT2D eigenvalue weighted by molar-refractivity contribution is -0.103. The highest BCUT2D eigenvalue weighted by atomic mass is 16.5. The Hall–Kier alpha value is -0.580. The van der Waals surface area contributed by atoms with Gasteiger partial charge in [0.2, 0.25) is 0 Å². The highest BCUT2D eigenvalue weighted by Crippen LogP contribution is 2.36. The number of hydrogen-bond acceptors (Lipinski definition) is 4. The van der Waals surface area contributed by atoms with Crippen LogP contribution in [0.2, 0.25) is 0 Å². The third-order valence-corrected chi connectivity index (χ3v) is 8.89. The third-order valence-electron chi connectivity index (χ3n) is 8.89. The summed E-state index contributed by atoms with van der Waals surface area (Å²) in [5.74, 6) is 1.42. The van der Waals surface area contributed by atoms with Gasteiger partial charge in [0.15, 0.2) is 0 Å². The van der Waals surface area contributed by atoms with E-state index in [0.717, 1.165) is 26.2 Å². The summed E-state index contributed by atoms with van der Waals surface area (Å²) in [6.07, 6.45) is 31.1. The first-order chi connectivity index (χ1) is 18.8. The molecule has 222 valence electrons. The van der Waals surface area contributed by atoms with Gasteiger partial charge in [0.25, 0.3) is 0 Å². The minimum absolute atomic E-state index is 0.419. The first-order valence-corrected chi connectivity index (χ1v) is 17.2. The summed E-state index contributed by atoms with van der Waals surface area (Å²) < 4.78 is 12.9. The van der Waals surface area contributed by atoms with Gasteiger partial charge >= 0.3 is 0 Å². The van der Waals surface area contributed by atoms with Gasteiger partial charge in [-0.05, 0) is 63.5 Å². The van der Waals surface area contributed by atoms with Gasteiger partial charge in [-0.15, -0.1) is 0 Å². The molecule has 2 bridgehead atoms. The molecular weight excluding hydrogens is 468 g/mol. The molecule has 0 amide bonds. The molecule has 1 N–H and O–H groups in total. The Morgan fingerprint density at radius 1 is 0.737 bits per heavy atom. The van der Waals surface area contributed by atoms with Crippen molar-refractivity contribution in [3.05, 3.63) is 11.3 Å². The molecule has 4 nitrogen and oxygen atoms in total. The van der Waals surface area contributed by atoms with Crippen LogP contribution < -0.4 is 5.32 Å². The van der Waals surface area contributed by atoms with Crippen molar-refractivity contribution in [2.45, 2.75) is 173 Å². The van der Waals surface area contributed by atoms with Gasteiger partial charge in [-0.3, -0.25) is 4.90 Å². The molecule has 2 atom stereocenters. The number of ether oxygens (including phenoxy) is 2. The molecule has 3 rings (SSSR count). The molecule has 1 aliphatic carbocycles. The van der Waals surface area contributed by atoms with Gasteiger partial charge in [0, 0.05) is 32.6 Å². The van der Waals surface area contributed by atoms with Crippen LogP contribution in [0.4, 0.5) is 0 Å². The van der Waals surface area contributed by atoms with Gasteiger partial charge in [-0.1, -0.05) is 97.3 Å². The fourth-order valence-corrected chi connectivity index (χ4v) is 6.40. The lowest BCUT2D eigenvalue weighted by Gasteiger charge is -2.41. The maximum absolute atomic E-state index is 6.83. The van der Waals surface area contributed by atoms with Gasteiger partial charge < -0.3 is 14.8 Å². The fraction of sp³-hybridized carbons (Fsp3) is 0.941. The van der Waals surface area contributed by atoms with Gasteiger partial charge in [0.1, 0.15) is 0 Å². The minimum Gasteiger partial charge on any atom is -0.495 e. The number of nitrogens with zero attached hydrogens (tertiary/aromatic N) is 1. The average Bonchev–Trinajstić information content (AvgIpc) is 3.76. The predicted octanol–water partition coefficient (Wildman–Crippen LogP) is 8.93. The van der Waals surface area contributed by atoms with Crippen molar-refractivity contribution in [3.63, 3.8) is 0 Å². The van der Waals surface area contributed by atoms with Crippen molar-refractivity contribution in [2.75, 3.05) is 32.7 Å². The molecule has 2 unspecified atom stereocenters. The maximum Gasteiger partial charge on any atom is 0.0982 e. The molecule has 0 aromatic carbocycles. The highest BCUT2D eigenvalue weighted by Gasteiger charge is 2.30. The largest absolute Gasteiger partial charge is 0.495 e. The topological polar surface area (TPSA) is 33.7 Å². The van der Waals surface area contributed by atoms with Crippen molar-refractivity contribution < 1.29 is 9.47 Å². The second-order valence-corrected chi connectivity index (χ2v) is 12.7. The summed E-state index contributed by atoms with van der Waals surface area (Å²) in [5.41, 5.74) is 1.65. The number of hydrogen-bond donors (Lipinski definition) is 1. The van der Waals surface area contributed by atoms with E-state index in [0.29, 0.717) is 18.3 Å². The van der Waals surface area contributed by atoms with Crippen LogP contribution in [-0.2, 0) is 9.47 Å². The summed E-state index contributed by atoms with van der Waals surface area (Å²) >= 11 is 0. The van der Waals surface area contributed by atoms with Crippen LogP contribution in [0.5, 0.6) is 0 Å². The number of allylic oxidation sites excluding steroid dienone is 2.